The minimum absolute atomic E-state index is 0.0378. The molecule has 0 bridgehead atoms. The highest BCUT2D eigenvalue weighted by atomic mass is 35.5. The van der Waals surface area contributed by atoms with Gasteiger partial charge in [0.2, 0.25) is 10.0 Å². The Bertz CT molecular complexity index is 902. The van der Waals surface area contributed by atoms with Crippen molar-refractivity contribution in [2.45, 2.75) is 17.9 Å². The zero-order valence-electron chi connectivity index (χ0n) is 14.7. The van der Waals surface area contributed by atoms with Crippen molar-refractivity contribution in [3.05, 3.63) is 45.9 Å². The molecule has 0 saturated heterocycles. The van der Waals surface area contributed by atoms with Gasteiger partial charge in [-0.15, -0.1) is 0 Å². The molecule has 0 aliphatic carbocycles. The number of hydrogen-bond acceptors (Lipinski definition) is 5. The van der Waals surface area contributed by atoms with E-state index in [1.807, 2.05) is 0 Å². The maximum absolute atomic E-state index is 12.7. The van der Waals surface area contributed by atoms with E-state index in [-0.39, 0.29) is 14.9 Å². The summed E-state index contributed by atoms with van der Waals surface area (Å²) in [5, 5.41) is -0.0613. The first-order valence-corrected chi connectivity index (χ1v) is 9.75. The van der Waals surface area contributed by atoms with E-state index in [9.17, 15) is 8.42 Å². The van der Waals surface area contributed by atoms with Crippen LogP contribution in [0, 0.1) is 0 Å². The summed E-state index contributed by atoms with van der Waals surface area (Å²) in [4.78, 5) is -0.128. The van der Waals surface area contributed by atoms with Crippen molar-refractivity contribution >= 4 is 33.2 Å². The van der Waals surface area contributed by atoms with Crippen LogP contribution < -0.4 is 18.9 Å². The van der Waals surface area contributed by atoms with E-state index in [0.29, 0.717) is 22.8 Å². The van der Waals surface area contributed by atoms with Crippen LogP contribution in [-0.4, -0.2) is 29.7 Å². The van der Waals surface area contributed by atoms with Gasteiger partial charge >= 0.3 is 0 Å². The molecule has 26 heavy (non-hydrogen) atoms. The van der Waals surface area contributed by atoms with Gasteiger partial charge in [-0.25, -0.2) is 13.1 Å². The van der Waals surface area contributed by atoms with Gasteiger partial charge in [-0.1, -0.05) is 29.3 Å². The Kier molecular flexibility index (Phi) is 6.63. The molecule has 2 aromatic rings. The minimum atomic E-state index is -3.92. The average molecular weight is 420 g/mol. The third kappa shape index (κ3) is 4.17. The lowest BCUT2D eigenvalue weighted by atomic mass is 10.1. The van der Waals surface area contributed by atoms with Crippen LogP contribution in [0.3, 0.4) is 0 Å². The van der Waals surface area contributed by atoms with E-state index < -0.39 is 16.1 Å². The Balaban J connectivity index is 2.34. The van der Waals surface area contributed by atoms with Crippen LogP contribution >= 0.6 is 23.2 Å². The number of hydrogen-bond donors (Lipinski definition) is 1. The Morgan fingerprint density at radius 3 is 2.04 bits per heavy atom. The normalized spacial score (nSPS) is 12.5. The molecule has 6 nitrogen and oxygen atoms in total. The molecule has 9 heteroatoms. The number of sulfonamides is 1. The maximum Gasteiger partial charge on any atom is 0.242 e. The fourth-order valence-electron chi connectivity index (χ4n) is 2.37. The van der Waals surface area contributed by atoms with E-state index in [4.69, 9.17) is 37.4 Å². The highest BCUT2D eigenvalue weighted by molar-refractivity contribution is 7.89. The van der Waals surface area contributed by atoms with Gasteiger partial charge in [0.05, 0.1) is 26.4 Å². The van der Waals surface area contributed by atoms with Gasteiger partial charge in [-0.2, -0.15) is 0 Å². The van der Waals surface area contributed by atoms with Crippen LogP contribution in [0.1, 0.15) is 18.5 Å². The van der Waals surface area contributed by atoms with Crippen LogP contribution in [-0.2, 0) is 10.0 Å². The van der Waals surface area contributed by atoms with Crippen molar-refractivity contribution in [1.82, 2.24) is 4.72 Å². The Morgan fingerprint density at radius 1 is 0.885 bits per heavy atom. The predicted octanol–water partition coefficient (Wildman–Crippen LogP) is 4.06. The fraction of sp³-hybridized carbons (Fsp3) is 0.294. The molecule has 2 aromatic carbocycles. The summed E-state index contributed by atoms with van der Waals surface area (Å²) in [7, 11) is 0.541. The molecule has 2 rings (SSSR count). The van der Waals surface area contributed by atoms with Crippen LogP contribution in [0.5, 0.6) is 17.2 Å². The number of benzene rings is 2. The molecule has 142 valence electrons. The first-order chi connectivity index (χ1) is 12.2. The molecule has 1 N–H and O–H groups in total. The number of ether oxygens (including phenoxy) is 3. The molecular formula is C17H19Cl2NO5S. The van der Waals surface area contributed by atoms with Gasteiger partial charge in [-0.05, 0) is 36.8 Å². The molecule has 0 saturated carbocycles. The van der Waals surface area contributed by atoms with Crippen molar-refractivity contribution in [1.29, 1.82) is 0 Å². The Hall–Kier alpha value is -1.67. The summed E-state index contributed by atoms with van der Waals surface area (Å²) < 4.78 is 43.5. The van der Waals surface area contributed by atoms with Crippen molar-refractivity contribution in [2.75, 3.05) is 21.3 Å². The third-order valence-electron chi connectivity index (χ3n) is 3.76. The third-order valence-corrected chi connectivity index (χ3v) is 6.32. The highest BCUT2D eigenvalue weighted by Gasteiger charge is 2.24. The first kappa shape index (κ1) is 20.6. The molecule has 0 spiro atoms. The van der Waals surface area contributed by atoms with E-state index >= 15 is 0 Å². The average Bonchev–Trinajstić information content (AvgIpc) is 2.62. The summed E-state index contributed by atoms with van der Waals surface area (Å²) in [6.07, 6.45) is 0. The lowest BCUT2D eigenvalue weighted by Gasteiger charge is -2.18. The fourth-order valence-corrected chi connectivity index (χ4v) is 4.44. The van der Waals surface area contributed by atoms with Crippen LogP contribution in [0.25, 0.3) is 0 Å². The van der Waals surface area contributed by atoms with Gasteiger partial charge in [-0.3, -0.25) is 0 Å². The summed E-state index contributed by atoms with van der Waals surface area (Å²) in [6, 6.07) is 7.40. The highest BCUT2D eigenvalue weighted by Crippen LogP contribution is 2.37. The van der Waals surface area contributed by atoms with Gasteiger partial charge < -0.3 is 14.2 Å². The van der Waals surface area contributed by atoms with E-state index in [0.717, 1.165) is 0 Å². The zero-order valence-corrected chi connectivity index (χ0v) is 17.0. The van der Waals surface area contributed by atoms with Gasteiger partial charge in [0, 0.05) is 6.04 Å². The van der Waals surface area contributed by atoms with Crippen LogP contribution in [0.15, 0.2) is 35.2 Å². The van der Waals surface area contributed by atoms with Crippen molar-refractivity contribution in [3.63, 3.8) is 0 Å². The van der Waals surface area contributed by atoms with Crippen molar-refractivity contribution in [2.24, 2.45) is 0 Å². The number of rotatable bonds is 7. The quantitative estimate of drug-likeness (QED) is 0.732. The van der Waals surface area contributed by atoms with Gasteiger partial charge in [0.25, 0.3) is 0 Å². The first-order valence-electron chi connectivity index (χ1n) is 7.51. The molecule has 0 radical (unpaired) electrons. The number of nitrogens with one attached hydrogen (secondary N) is 1. The second kappa shape index (κ2) is 8.35. The number of methoxy groups -OCH3 is 3. The molecule has 1 atom stereocenters. The SMILES string of the molecule is COc1ccc(C(C)NS(=O)(=O)c2ccc(OC)c(Cl)c2Cl)cc1OC. The second-order valence-corrected chi connectivity index (χ2v) is 7.79. The molecule has 0 amide bonds. The maximum atomic E-state index is 12.7. The van der Waals surface area contributed by atoms with Gasteiger partial charge in [0.15, 0.2) is 11.5 Å². The monoisotopic (exact) mass is 419 g/mol. The molecule has 0 aromatic heterocycles. The largest absolute Gasteiger partial charge is 0.495 e. The lowest BCUT2D eigenvalue weighted by molar-refractivity contribution is 0.354. The van der Waals surface area contributed by atoms with Gasteiger partial charge in [0.1, 0.15) is 15.7 Å². The number of halogens is 2. The summed E-state index contributed by atoms with van der Waals surface area (Å²) in [6.45, 7) is 1.71. The van der Waals surface area contributed by atoms with E-state index in [1.165, 1.54) is 33.5 Å². The van der Waals surface area contributed by atoms with Crippen LogP contribution in [0.4, 0.5) is 0 Å². The molecule has 0 aliphatic heterocycles. The van der Waals surface area contributed by atoms with Crippen LogP contribution in [0.2, 0.25) is 10.0 Å². The Labute approximate surface area is 163 Å². The lowest BCUT2D eigenvalue weighted by Crippen LogP contribution is -2.27. The Morgan fingerprint density at radius 2 is 1.46 bits per heavy atom. The van der Waals surface area contributed by atoms with E-state index in [2.05, 4.69) is 4.72 Å². The topological polar surface area (TPSA) is 73.9 Å². The molecule has 1 unspecified atom stereocenters. The zero-order chi connectivity index (χ0) is 19.5. The second-order valence-electron chi connectivity index (χ2n) is 5.35. The summed E-state index contributed by atoms with van der Waals surface area (Å²) in [5.74, 6) is 1.35. The summed E-state index contributed by atoms with van der Waals surface area (Å²) >= 11 is 12.2. The smallest absolute Gasteiger partial charge is 0.242 e. The molecule has 0 heterocycles. The standard InChI is InChI=1S/C17H19Cl2NO5S/c1-10(11-5-6-12(23-2)14(9-11)25-4)20-26(21,22)15-8-7-13(24-3)16(18)17(15)19/h5-10,20H,1-4H3. The molecule has 0 fully saturated rings. The van der Waals surface area contributed by atoms with E-state index in [1.54, 1.807) is 25.1 Å². The van der Waals surface area contributed by atoms with Crippen molar-refractivity contribution < 1.29 is 22.6 Å². The summed E-state index contributed by atoms with van der Waals surface area (Å²) in [5.41, 5.74) is 0.696. The molecule has 0 aliphatic rings. The minimum Gasteiger partial charge on any atom is -0.495 e. The molecular weight excluding hydrogens is 401 g/mol. The predicted molar refractivity (Wildman–Crippen MR) is 101 cm³/mol. The van der Waals surface area contributed by atoms with Crippen molar-refractivity contribution in [3.8, 4) is 17.2 Å².